The van der Waals surface area contributed by atoms with Crippen LogP contribution in [0.5, 0.6) is 5.75 Å². The zero-order chi connectivity index (χ0) is 20.5. The molecule has 0 saturated heterocycles. The maximum absolute atomic E-state index is 12.4. The van der Waals surface area contributed by atoms with E-state index in [1.807, 2.05) is 12.1 Å². The Balaban J connectivity index is 2.09. The van der Waals surface area contributed by atoms with Crippen LogP contribution in [-0.4, -0.2) is 38.0 Å². The lowest BCUT2D eigenvalue weighted by molar-refractivity contribution is -0.123. The fraction of sp³-hybridized carbons (Fsp3) is 0.286. The Morgan fingerprint density at radius 3 is 2.32 bits per heavy atom. The predicted octanol–water partition coefficient (Wildman–Crippen LogP) is 2.54. The standard InChI is InChI=1S/C21H24N2O5/c1-4-28-21(26)18-7-5-6-8-19(18)23(15(2)24)14-20(25)22-13-16-9-11-17(27-3)12-10-16/h5-12H,4,13-14H2,1-3H3,(H,22,25). The van der Waals surface area contributed by atoms with Crippen LogP contribution < -0.4 is 15.0 Å². The van der Waals surface area contributed by atoms with E-state index in [1.54, 1.807) is 50.4 Å². The molecule has 2 rings (SSSR count). The van der Waals surface area contributed by atoms with E-state index in [2.05, 4.69) is 5.32 Å². The summed E-state index contributed by atoms with van der Waals surface area (Å²) in [5.74, 6) is -0.502. The van der Waals surface area contributed by atoms with Gasteiger partial charge in [-0.1, -0.05) is 24.3 Å². The molecule has 0 spiro atoms. The number of benzene rings is 2. The molecule has 0 aliphatic carbocycles. The molecule has 2 aromatic rings. The third kappa shape index (κ3) is 5.57. The van der Waals surface area contributed by atoms with Crippen LogP contribution in [0.1, 0.15) is 29.8 Å². The minimum Gasteiger partial charge on any atom is -0.497 e. The van der Waals surface area contributed by atoms with Gasteiger partial charge in [-0.05, 0) is 36.8 Å². The van der Waals surface area contributed by atoms with Crippen molar-refractivity contribution in [1.29, 1.82) is 0 Å². The molecule has 0 bridgehead atoms. The zero-order valence-electron chi connectivity index (χ0n) is 16.2. The molecule has 28 heavy (non-hydrogen) atoms. The van der Waals surface area contributed by atoms with Gasteiger partial charge in [0.2, 0.25) is 11.8 Å². The molecular formula is C21H24N2O5. The molecule has 2 aromatic carbocycles. The predicted molar refractivity (Wildman–Crippen MR) is 105 cm³/mol. The molecule has 148 valence electrons. The number of hydrogen-bond donors (Lipinski definition) is 1. The number of esters is 1. The Bertz CT molecular complexity index is 833. The Labute approximate surface area is 164 Å². The summed E-state index contributed by atoms with van der Waals surface area (Å²) in [6.07, 6.45) is 0. The van der Waals surface area contributed by atoms with Crippen molar-refractivity contribution in [3.63, 3.8) is 0 Å². The first-order valence-electron chi connectivity index (χ1n) is 8.90. The third-order valence-corrected chi connectivity index (χ3v) is 4.02. The summed E-state index contributed by atoms with van der Waals surface area (Å²) >= 11 is 0. The summed E-state index contributed by atoms with van der Waals surface area (Å²) in [5.41, 5.74) is 1.48. The van der Waals surface area contributed by atoms with Crippen molar-refractivity contribution >= 4 is 23.5 Å². The molecule has 0 atom stereocenters. The molecule has 0 saturated carbocycles. The van der Waals surface area contributed by atoms with Crippen LogP contribution in [0.15, 0.2) is 48.5 Å². The first-order chi connectivity index (χ1) is 13.5. The number of methoxy groups -OCH3 is 1. The van der Waals surface area contributed by atoms with Crippen LogP contribution in [-0.2, 0) is 20.9 Å². The molecule has 0 fully saturated rings. The molecule has 7 heteroatoms. The Kier molecular flexibility index (Phi) is 7.56. The normalized spacial score (nSPS) is 10.1. The van der Waals surface area contributed by atoms with Gasteiger partial charge in [-0.3, -0.25) is 9.59 Å². The van der Waals surface area contributed by atoms with E-state index >= 15 is 0 Å². The van der Waals surface area contributed by atoms with Crippen LogP contribution in [0.2, 0.25) is 0 Å². The maximum Gasteiger partial charge on any atom is 0.340 e. The van der Waals surface area contributed by atoms with Crippen LogP contribution in [0.3, 0.4) is 0 Å². The maximum atomic E-state index is 12.4. The van der Waals surface area contributed by atoms with Crippen molar-refractivity contribution in [2.24, 2.45) is 0 Å². The molecular weight excluding hydrogens is 360 g/mol. The average Bonchev–Trinajstić information content (AvgIpc) is 2.71. The summed E-state index contributed by atoms with van der Waals surface area (Å²) in [7, 11) is 1.58. The first kappa shape index (κ1) is 21.0. The van der Waals surface area contributed by atoms with Gasteiger partial charge in [0.05, 0.1) is 25.0 Å². The number of hydrogen-bond acceptors (Lipinski definition) is 5. The second-order valence-corrected chi connectivity index (χ2v) is 5.97. The number of ether oxygens (including phenoxy) is 2. The van der Waals surface area contributed by atoms with Crippen LogP contribution in [0.25, 0.3) is 0 Å². The number of carbonyl (C=O) groups excluding carboxylic acids is 3. The van der Waals surface area contributed by atoms with E-state index in [-0.39, 0.29) is 30.5 Å². The third-order valence-electron chi connectivity index (χ3n) is 4.02. The molecule has 0 heterocycles. The summed E-state index contributed by atoms with van der Waals surface area (Å²) in [6.45, 7) is 3.38. The van der Waals surface area contributed by atoms with Crippen molar-refractivity contribution < 1.29 is 23.9 Å². The Morgan fingerprint density at radius 2 is 1.71 bits per heavy atom. The number of anilines is 1. The molecule has 0 aliphatic heterocycles. The highest BCUT2D eigenvalue weighted by atomic mass is 16.5. The van der Waals surface area contributed by atoms with Crippen molar-refractivity contribution in [3.8, 4) is 5.75 Å². The second kappa shape index (κ2) is 10.1. The van der Waals surface area contributed by atoms with Crippen molar-refractivity contribution in [2.45, 2.75) is 20.4 Å². The summed E-state index contributed by atoms with van der Waals surface area (Å²) in [5, 5.41) is 2.78. The van der Waals surface area contributed by atoms with Gasteiger partial charge in [-0.15, -0.1) is 0 Å². The summed E-state index contributed by atoms with van der Waals surface area (Å²) in [6, 6.07) is 13.9. The lowest BCUT2D eigenvalue weighted by atomic mass is 10.1. The van der Waals surface area contributed by atoms with Crippen molar-refractivity contribution in [3.05, 3.63) is 59.7 Å². The minimum atomic E-state index is -0.539. The van der Waals surface area contributed by atoms with Crippen molar-refractivity contribution in [2.75, 3.05) is 25.2 Å². The summed E-state index contributed by atoms with van der Waals surface area (Å²) < 4.78 is 10.1. The molecule has 0 unspecified atom stereocenters. The summed E-state index contributed by atoms with van der Waals surface area (Å²) in [4.78, 5) is 38.0. The van der Waals surface area contributed by atoms with E-state index in [1.165, 1.54) is 11.8 Å². The van der Waals surface area contributed by atoms with Gasteiger partial charge < -0.3 is 19.7 Å². The fourth-order valence-corrected chi connectivity index (χ4v) is 2.60. The molecule has 2 amide bonds. The number of nitrogens with one attached hydrogen (secondary N) is 1. The number of rotatable bonds is 8. The second-order valence-electron chi connectivity index (χ2n) is 5.97. The molecule has 1 N–H and O–H groups in total. The first-order valence-corrected chi connectivity index (χ1v) is 8.90. The highest BCUT2D eigenvalue weighted by molar-refractivity contribution is 6.04. The fourth-order valence-electron chi connectivity index (χ4n) is 2.60. The number of nitrogens with zero attached hydrogens (tertiary/aromatic N) is 1. The largest absolute Gasteiger partial charge is 0.497 e. The van der Waals surface area contributed by atoms with Gasteiger partial charge in [0.25, 0.3) is 0 Å². The van der Waals surface area contributed by atoms with Crippen LogP contribution in [0.4, 0.5) is 5.69 Å². The van der Waals surface area contributed by atoms with E-state index in [4.69, 9.17) is 9.47 Å². The molecule has 0 radical (unpaired) electrons. The average molecular weight is 384 g/mol. The number of carbonyl (C=O) groups is 3. The van der Waals surface area contributed by atoms with Gasteiger partial charge in [-0.2, -0.15) is 0 Å². The lowest BCUT2D eigenvalue weighted by Crippen LogP contribution is -2.40. The van der Waals surface area contributed by atoms with Crippen molar-refractivity contribution in [1.82, 2.24) is 5.32 Å². The lowest BCUT2D eigenvalue weighted by Gasteiger charge is -2.23. The highest BCUT2D eigenvalue weighted by Gasteiger charge is 2.22. The van der Waals surface area contributed by atoms with Gasteiger partial charge in [0.1, 0.15) is 12.3 Å². The Hall–Kier alpha value is -3.35. The molecule has 0 aliphatic rings. The van der Waals surface area contributed by atoms with E-state index < -0.39 is 5.97 Å². The minimum absolute atomic E-state index is 0.206. The SMILES string of the molecule is CCOC(=O)c1ccccc1N(CC(=O)NCc1ccc(OC)cc1)C(C)=O. The van der Waals surface area contributed by atoms with Gasteiger partial charge >= 0.3 is 5.97 Å². The monoisotopic (exact) mass is 384 g/mol. The van der Waals surface area contributed by atoms with Crippen LogP contribution in [0, 0.1) is 0 Å². The highest BCUT2D eigenvalue weighted by Crippen LogP contribution is 2.21. The topological polar surface area (TPSA) is 84.9 Å². The van der Waals surface area contributed by atoms with Gasteiger partial charge in [0.15, 0.2) is 0 Å². The smallest absolute Gasteiger partial charge is 0.340 e. The van der Waals surface area contributed by atoms with E-state index in [9.17, 15) is 14.4 Å². The van der Waals surface area contributed by atoms with Gasteiger partial charge in [-0.25, -0.2) is 4.79 Å². The van der Waals surface area contributed by atoms with E-state index in [0.29, 0.717) is 12.2 Å². The van der Waals surface area contributed by atoms with Gasteiger partial charge in [0, 0.05) is 13.5 Å². The molecule has 0 aromatic heterocycles. The zero-order valence-corrected chi connectivity index (χ0v) is 16.2. The molecule has 7 nitrogen and oxygen atoms in total. The van der Waals surface area contributed by atoms with Crippen LogP contribution >= 0.6 is 0 Å². The number of para-hydroxylation sites is 1. The Morgan fingerprint density at radius 1 is 1.04 bits per heavy atom. The quantitative estimate of drug-likeness (QED) is 0.707. The number of amides is 2. The van der Waals surface area contributed by atoms with E-state index in [0.717, 1.165) is 11.3 Å².